The molecule has 0 unspecified atom stereocenters. The molecule has 1 amide bonds. The van der Waals surface area contributed by atoms with Crippen molar-refractivity contribution in [1.29, 1.82) is 0 Å². The predicted molar refractivity (Wildman–Crippen MR) is 80.3 cm³/mol. The Balaban J connectivity index is 1.87. The van der Waals surface area contributed by atoms with Gasteiger partial charge in [-0.05, 0) is 0 Å². The van der Waals surface area contributed by atoms with Crippen molar-refractivity contribution in [1.82, 2.24) is 19.7 Å². The number of fused-ring (bicyclic) bond motifs is 1. The molecule has 0 saturated carbocycles. The van der Waals surface area contributed by atoms with Gasteiger partial charge < -0.3 is 9.47 Å². The van der Waals surface area contributed by atoms with Crippen molar-refractivity contribution in [2.24, 2.45) is 5.41 Å². The van der Waals surface area contributed by atoms with Gasteiger partial charge in [-0.1, -0.05) is 51.1 Å². The van der Waals surface area contributed by atoms with Gasteiger partial charge in [0.2, 0.25) is 5.91 Å². The number of rotatable bonds is 1. The first-order valence-electron chi connectivity index (χ1n) is 7.24. The van der Waals surface area contributed by atoms with E-state index in [1.54, 1.807) is 0 Å². The lowest BCUT2D eigenvalue weighted by Gasteiger charge is -2.32. The topological polar surface area (TPSA) is 51.0 Å². The highest BCUT2D eigenvalue weighted by molar-refractivity contribution is 5.81. The number of aromatic nitrogens is 3. The lowest BCUT2D eigenvalue weighted by molar-refractivity contribution is -0.141. The summed E-state index contributed by atoms with van der Waals surface area (Å²) in [6, 6.07) is 10.0. The molecule has 0 bridgehead atoms. The van der Waals surface area contributed by atoms with E-state index in [9.17, 15) is 4.79 Å². The summed E-state index contributed by atoms with van der Waals surface area (Å²) in [6.07, 6.45) is 0. The van der Waals surface area contributed by atoms with E-state index in [4.69, 9.17) is 0 Å². The molecule has 0 aliphatic carbocycles. The molecule has 21 heavy (non-hydrogen) atoms. The average Bonchev–Trinajstić information content (AvgIpc) is 2.89. The van der Waals surface area contributed by atoms with Crippen molar-refractivity contribution in [3.63, 3.8) is 0 Å². The SMILES string of the molecule is CC(C)(C)C(=O)N1CCn2c(nnc2-c2ccccc2)C1. The van der Waals surface area contributed by atoms with Crippen LogP contribution in [0.15, 0.2) is 30.3 Å². The first-order valence-corrected chi connectivity index (χ1v) is 7.24. The van der Waals surface area contributed by atoms with Gasteiger partial charge >= 0.3 is 0 Å². The molecule has 5 nitrogen and oxygen atoms in total. The van der Waals surface area contributed by atoms with Gasteiger partial charge in [0.1, 0.15) is 0 Å². The summed E-state index contributed by atoms with van der Waals surface area (Å²) >= 11 is 0. The van der Waals surface area contributed by atoms with Gasteiger partial charge in [-0.15, -0.1) is 10.2 Å². The summed E-state index contributed by atoms with van der Waals surface area (Å²) in [5.41, 5.74) is 0.705. The maximum atomic E-state index is 12.4. The summed E-state index contributed by atoms with van der Waals surface area (Å²) in [7, 11) is 0. The Morgan fingerprint density at radius 1 is 1.10 bits per heavy atom. The molecule has 0 atom stereocenters. The van der Waals surface area contributed by atoms with Crippen LogP contribution in [0.4, 0.5) is 0 Å². The van der Waals surface area contributed by atoms with Gasteiger partial charge in [0.15, 0.2) is 11.6 Å². The first-order chi connectivity index (χ1) is 9.97. The predicted octanol–water partition coefficient (Wildman–Crippen LogP) is 2.33. The molecular formula is C16H20N4O. The highest BCUT2D eigenvalue weighted by Crippen LogP contribution is 2.24. The average molecular weight is 284 g/mol. The quantitative estimate of drug-likeness (QED) is 0.807. The summed E-state index contributed by atoms with van der Waals surface area (Å²) in [6.45, 7) is 7.84. The molecule has 5 heteroatoms. The highest BCUT2D eigenvalue weighted by atomic mass is 16.2. The fourth-order valence-electron chi connectivity index (χ4n) is 2.61. The van der Waals surface area contributed by atoms with Crippen LogP contribution in [-0.2, 0) is 17.9 Å². The van der Waals surface area contributed by atoms with Crippen LogP contribution in [0, 0.1) is 5.41 Å². The van der Waals surface area contributed by atoms with E-state index in [-0.39, 0.29) is 11.3 Å². The van der Waals surface area contributed by atoms with E-state index >= 15 is 0 Å². The summed E-state index contributed by atoms with van der Waals surface area (Å²) < 4.78 is 2.11. The van der Waals surface area contributed by atoms with E-state index in [0.717, 1.165) is 23.8 Å². The zero-order valence-corrected chi connectivity index (χ0v) is 12.7. The van der Waals surface area contributed by atoms with Crippen molar-refractivity contribution in [3.05, 3.63) is 36.2 Å². The minimum absolute atomic E-state index is 0.165. The Morgan fingerprint density at radius 2 is 1.81 bits per heavy atom. The van der Waals surface area contributed by atoms with Crippen molar-refractivity contribution in [2.45, 2.75) is 33.9 Å². The third-order valence-electron chi connectivity index (χ3n) is 3.71. The zero-order chi connectivity index (χ0) is 15.0. The van der Waals surface area contributed by atoms with E-state index in [1.165, 1.54) is 0 Å². The maximum Gasteiger partial charge on any atom is 0.228 e. The van der Waals surface area contributed by atoms with E-state index < -0.39 is 0 Å². The molecule has 1 aromatic carbocycles. The molecule has 2 heterocycles. The molecule has 0 radical (unpaired) electrons. The molecule has 1 aliphatic rings. The number of carbonyl (C=O) groups excluding carboxylic acids is 1. The van der Waals surface area contributed by atoms with Crippen LogP contribution in [0.3, 0.4) is 0 Å². The number of nitrogens with zero attached hydrogens (tertiary/aromatic N) is 4. The molecule has 1 aliphatic heterocycles. The van der Waals surface area contributed by atoms with Crippen LogP contribution < -0.4 is 0 Å². The Bertz CT molecular complexity index is 655. The number of amides is 1. The second-order valence-corrected chi connectivity index (χ2v) is 6.43. The molecular weight excluding hydrogens is 264 g/mol. The van der Waals surface area contributed by atoms with Crippen LogP contribution in [0.2, 0.25) is 0 Å². The molecule has 3 rings (SSSR count). The molecule has 2 aromatic rings. The van der Waals surface area contributed by atoms with Crippen molar-refractivity contribution >= 4 is 5.91 Å². The second-order valence-electron chi connectivity index (χ2n) is 6.43. The number of hydrogen-bond acceptors (Lipinski definition) is 3. The van der Waals surface area contributed by atoms with Crippen LogP contribution in [0.25, 0.3) is 11.4 Å². The Hall–Kier alpha value is -2.17. The third-order valence-corrected chi connectivity index (χ3v) is 3.71. The maximum absolute atomic E-state index is 12.4. The fraction of sp³-hybridized carbons (Fsp3) is 0.438. The zero-order valence-electron chi connectivity index (χ0n) is 12.7. The smallest absolute Gasteiger partial charge is 0.228 e. The number of hydrogen-bond donors (Lipinski definition) is 0. The standard InChI is InChI=1S/C16H20N4O/c1-16(2,3)15(21)19-9-10-20-13(11-19)17-18-14(20)12-7-5-4-6-8-12/h4-8H,9-11H2,1-3H3. The van der Waals surface area contributed by atoms with Gasteiger partial charge in [0.05, 0.1) is 6.54 Å². The van der Waals surface area contributed by atoms with Crippen molar-refractivity contribution in [3.8, 4) is 11.4 Å². The number of carbonyl (C=O) groups is 1. The van der Waals surface area contributed by atoms with E-state index in [2.05, 4.69) is 14.8 Å². The minimum Gasteiger partial charge on any atom is -0.333 e. The molecule has 1 aromatic heterocycles. The molecule has 0 N–H and O–H groups in total. The van der Waals surface area contributed by atoms with E-state index in [1.807, 2.05) is 56.0 Å². The lowest BCUT2D eigenvalue weighted by atomic mass is 9.94. The number of benzene rings is 1. The van der Waals surface area contributed by atoms with Gasteiger partial charge in [0.25, 0.3) is 0 Å². The van der Waals surface area contributed by atoms with Crippen LogP contribution in [0.1, 0.15) is 26.6 Å². The molecule has 0 fully saturated rings. The first kappa shape index (κ1) is 13.8. The molecule has 0 saturated heterocycles. The molecule has 110 valence electrons. The highest BCUT2D eigenvalue weighted by Gasteiger charge is 2.31. The van der Waals surface area contributed by atoms with Gasteiger partial charge in [-0.25, -0.2) is 0 Å². The van der Waals surface area contributed by atoms with Gasteiger partial charge in [-0.3, -0.25) is 4.79 Å². The lowest BCUT2D eigenvalue weighted by Crippen LogP contribution is -2.44. The minimum atomic E-state index is -0.357. The van der Waals surface area contributed by atoms with Crippen LogP contribution in [-0.4, -0.2) is 32.1 Å². The molecule has 0 spiro atoms. The van der Waals surface area contributed by atoms with E-state index in [0.29, 0.717) is 13.1 Å². The third kappa shape index (κ3) is 2.55. The fourth-order valence-corrected chi connectivity index (χ4v) is 2.61. The Morgan fingerprint density at radius 3 is 2.48 bits per heavy atom. The Labute approximate surface area is 124 Å². The monoisotopic (exact) mass is 284 g/mol. The Kier molecular flexibility index (Phi) is 3.27. The van der Waals surface area contributed by atoms with Crippen LogP contribution in [0.5, 0.6) is 0 Å². The van der Waals surface area contributed by atoms with Crippen molar-refractivity contribution in [2.75, 3.05) is 6.54 Å². The summed E-state index contributed by atoms with van der Waals surface area (Å²) in [5, 5.41) is 8.57. The summed E-state index contributed by atoms with van der Waals surface area (Å²) in [5.74, 6) is 1.91. The summed E-state index contributed by atoms with van der Waals surface area (Å²) in [4.78, 5) is 14.2. The van der Waals surface area contributed by atoms with Gasteiger partial charge in [-0.2, -0.15) is 0 Å². The van der Waals surface area contributed by atoms with Gasteiger partial charge in [0, 0.05) is 24.1 Å². The second kappa shape index (κ2) is 4.98. The largest absolute Gasteiger partial charge is 0.333 e. The normalized spacial score (nSPS) is 14.9. The van der Waals surface area contributed by atoms with Crippen LogP contribution >= 0.6 is 0 Å². The van der Waals surface area contributed by atoms with Crippen molar-refractivity contribution < 1.29 is 4.79 Å².